The van der Waals surface area contributed by atoms with E-state index >= 15 is 0 Å². The van der Waals surface area contributed by atoms with Crippen molar-refractivity contribution in [3.8, 4) is 16.3 Å². The van der Waals surface area contributed by atoms with Crippen molar-refractivity contribution in [2.75, 3.05) is 19.8 Å². The van der Waals surface area contributed by atoms with Gasteiger partial charge in [-0.05, 0) is 38.0 Å². The summed E-state index contributed by atoms with van der Waals surface area (Å²) in [6.45, 7) is 3.80. The van der Waals surface area contributed by atoms with Crippen LogP contribution in [0.1, 0.15) is 30.3 Å². The van der Waals surface area contributed by atoms with Gasteiger partial charge in [-0.25, -0.2) is 4.98 Å². The van der Waals surface area contributed by atoms with E-state index in [-0.39, 0.29) is 12.0 Å². The first-order chi connectivity index (χ1) is 11.7. The van der Waals surface area contributed by atoms with Gasteiger partial charge in [0, 0.05) is 24.1 Å². The summed E-state index contributed by atoms with van der Waals surface area (Å²) in [5.74, 6) is 0.535. The first kappa shape index (κ1) is 17.2. The lowest BCUT2D eigenvalue weighted by Gasteiger charge is -2.09. The first-order valence-corrected chi connectivity index (χ1v) is 9.21. The van der Waals surface area contributed by atoms with E-state index in [4.69, 9.17) is 21.1 Å². The highest BCUT2D eigenvalue weighted by atomic mass is 35.5. The fourth-order valence-electron chi connectivity index (χ4n) is 2.53. The van der Waals surface area contributed by atoms with E-state index in [0.717, 1.165) is 30.8 Å². The predicted octanol–water partition coefficient (Wildman–Crippen LogP) is 3.77. The average Bonchev–Trinajstić information content (AvgIpc) is 3.25. The molecule has 1 aromatic carbocycles. The third kappa shape index (κ3) is 4.06. The summed E-state index contributed by atoms with van der Waals surface area (Å²) < 4.78 is 10.9. The Morgan fingerprint density at radius 3 is 3.12 bits per heavy atom. The summed E-state index contributed by atoms with van der Waals surface area (Å²) in [6.07, 6.45) is 2.16. The van der Waals surface area contributed by atoms with Gasteiger partial charge in [-0.15, -0.1) is 11.3 Å². The molecule has 1 amide bonds. The van der Waals surface area contributed by atoms with Crippen LogP contribution in [0.5, 0.6) is 5.75 Å². The Hall–Kier alpha value is -1.63. The minimum Gasteiger partial charge on any atom is -0.494 e. The minimum atomic E-state index is -0.185. The van der Waals surface area contributed by atoms with Crippen LogP contribution in [0.25, 0.3) is 10.6 Å². The van der Waals surface area contributed by atoms with Gasteiger partial charge >= 0.3 is 0 Å². The molecule has 0 spiro atoms. The van der Waals surface area contributed by atoms with E-state index < -0.39 is 0 Å². The van der Waals surface area contributed by atoms with Crippen molar-refractivity contribution in [2.24, 2.45) is 0 Å². The number of nitrogens with zero attached hydrogens (tertiary/aromatic N) is 1. The van der Waals surface area contributed by atoms with Crippen LogP contribution >= 0.6 is 22.9 Å². The Morgan fingerprint density at radius 1 is 1.54 bits per heavy atom. The first-order valence-electron chi connectivity index (χ1n) is 7.95. The second-order valence-corrected chi connectivity index (χ2v) is 6.72. The number of halogens is 1. The molecule has 1 aliphatic heterocycles. The van der Waals surface area contributed by atoms with Crippen LogP contribution in [0.4, 0.5) is 0 Å². The number of aromatic nitrogens is 1. The van der Waals surface area contributed by atoms with Gasteiger partial charge in [-0.2, -0.15) is 0 Å². The van der Waals surface area contributed by atoms with Crippen molar-refractivity contribution in [3.05, 3.63) is 34.3 Å². The molecule has 128 valence electrons. The van der Waals surface area contributed by atoms with Crippen LogP contribution in [-0.4, -0.2) is 36.8 Å². The summed E-state index contributed by atoms with van der Waals surface area (Å²) in [5, 5.41) is 5.89. The number of hydrogen-bond donors (Lipinski definition) is 1. The van der Waals surface area contributed by atoms with E-state index in [0.29, 0.717) is 28.9 Å². The molecule has 5 nitrogen and oxygen atoms in total. The Balaban J connectivity index is 1.67. The SMILES string of the molecule is CCOc1ccc(-c2nc(C(=O)NCC3CCCO3)cs2)c(Cl)c1. The Labute approximate surface area is 150 Å². The molecular formula is C17H19ClN2O3S. The number of thiazole rings is 1. The Bertz CT molecular complexity index is 714. The molecule has 1 aliphatic rings. The molecule has 0 saturated carbocycles. The molecule has 0 radical (unpaired) electrons. The molecule has 1 saturated heterocycles. The maximum atomic E-state index is 12.2. The van der Waals surface area contributed by atoms with E-state index in [1.54, 1.807) is 11.4 Å². The summed E-state index contributed by atoms with van der Waals surface area (Å²) in [4.78, 5) is 16.6. The summed E-state index contributed by atoms with van der Waals surface area (Å²) in [7, 11) is 0. The molecule has 2 heterocycles. The number of rotatable bonds is 6. The van der Waals surface area contributed by atoms with E-state index in [2.05, 4.69) is 10.3 Å². The van der Waals surface area contributed by atoms with Crippen LogP contribution in [0.2, 0.25) is 5.02 Å². The number of hydrogen-bond acceptors (Lipinski definition) is 5. The van der Waals surface area contributed by atoms with Crippen molar-refractivity contribution in [2.45, 2.75) is 25.9 Å². The molecule has 3 rings (SSSR count). The number of benzene rings is 1. The highest BCUT2D eigenvalue weighted by molar-refractivity contribution is 7.13. The quantitative estimate of drug-likeness (QED) is 0.845. The minimum absolute atomic E-state index is 0.118. The Morgan fingerprint density at radius 2 is 2.42 bits per heavy atom. The molecule has 0 aliphatic carbocycles. The van der Waals surface area contributed by atoms with Crippen LogP contribution < -0.4 is 10.1 Å². The summed E-state index contributed by atoms with van der Waals surface area (Å²) in [6, 6.07) is 5.47. The predicted molar refractivity (Wildman–Crippen MR) is 95.0 cm³/mol. The molecule has 2 aromatic rings. The zero-order valence-corrected chi connectivity index (χ0v) is 15.0. The molecule has 1 N–H and O–H groups in total. The topological polar surface area (TPSA) is 60.5 Å². The van der Waals surface area contributed by atoms with Crippen molar-refractivity contribution >= 4 is 28.8 Å². The summed E-state index contributed by atoms with van der Waals surface area (Å²) >= 11 is 7.70. The van der Waals surface area contributed by atoms with Gasteiger partial charge in [0.1, 0.15) is 16.5 Å². The molecule has 0 bridgehead atoms. The van der Waals surface area contributed by atoms with E-state index in [9.17, 15) is 4.79 Å². The maximum absolute atomic E-state index is 12.2. The molecule has 1 aromatic heterocycles. The van der Waals surface area contributed by atoms with Gasteiger partial charge in [0.05, 0.1) is 17.7 Å². The lowest BCUT2D eigenvalue weighted by molar-refractivity contribution is 0.0854. The largest absolute Gasteiger partial charge is 0.494 e. The zero-order valence-electron chi connectivity index (χ0n) is 13.4. The lowest BCUT2D eigenvalue weighted by atomic mass is 10.2. The second-order valence-electron chi connectivity index (χ2n) is 5.46. The lowest BCUT2D eigenvalue weighted by Crippen LogP contribution is -2.31. The van der Waals surface area contributed by atoms with Gasteiger partial charge in [-0.3, -0.25) is 4.79 Å². The van der Waals surface area contributed by atoms with Crippen LogP contribution in [0.15, 0.2) is 23.6 Å². The average molecular weight is 367 g/mol. The number of carbonyl (C=O) groups excluding carboxylic acids is 1. The number of amides is 1. The zero-order chi connectivity index (χ0) is 16.9. The van der Waals surface area contributed by atoms with Gasteiger partial charge in [0.2, 0.25) is 0 Å². The number of nitrogens with one attached hydrogen (secondary N) is 1. The van der Waals surface area contributed by atoms with Gasteiger partial charge < -0.3 is 14.8 Å². The third-order valence-electron chi connectivity index (χ3n) is 3.73. The normalized spacial score (nSPS) is 17.0. The van der Waals surface area contributed by atoms with Crippen LogP contribution in [0.3, 0.4) is 0 Å². The standard InChI is InChI=1S/C17H19ClN2O3S/c1-2-22-11-5-6-13(14(18)8-11)17-20-15(10-24-17)16(21)19-9-12-4-3-7-23-12/h5-6,8,10,12H,2-4,7,9H2,1H3,(H,19,21). The van der Waals surface area contributed by atoms with Crippen molar-refractivity contribution < 1.29 is 14.3 Å². The van der Waals surface area contributed by atoms with Crippen LogP contribution in [0, 0.1) is 0 Å². The van der Waals surface area contributed by atoms with Crippen molar-refractivity contribution in [3.63, 3.8) is 0 Å². The third-order valence-corrected chi connectivity index (χ3v) is 4.92. The maximum Gasteiger partial charge on any atom is 0.270 e. The number of carbonyl (C=O) groups is 1. The Kier molecular flexibility index (Phi) is 5.71. The van der Waals surface area contributed by atoms with E-state index in [1.807, 2.05) is 19.1 Å². The highest BCUT2D eigenvalue weighted by Gasteiger charge is 2.18. The molecule has 7 heteroatoms. The van der Waals surface area contributed by atoms with Crippen molar-refractivity contribution in [1.29, 1.82) is 0 Å². The molecule has 1 atom stereocenters. The second kappa shape index (κ2) is 7.96. The van der Waals surface area contributed by atoms with Gasteiger partial charge in [0.15, 0.2) is 0 Å². The molecule has 1 unspecified atom stereocenters. The summed E-state index contributed by atoms with van der Waals surface area (Å²) in [5.41, 5.74) is 1.20. The fraction of sp³-hybridized carbons (Fsp3) is 0.412. The van der Waals surface area contributed by atoms with E-state index in [1.165, 1.54) is 11.3 Å². The number of ether oxygens (including phenoxy) is 2. The molecular weight excluding hydrogens is 348 g/mol. The molecule has 24 heavy (non-hydrogen) atoms. The monoisotopic (exact) mass is 366 g/mol. The van der Waals surface area contributed by atoms with Gasteiger partial charge in [0.25, 0.3) is 5.91 Å². The van der Waals surface area contributed by atoms with Gasteiger partial charge in [-0.1, -0.05) is 11.6 Å². The van der Waals surface area contributed by atoms with Crippen molar-refractivity contribution in [1.82, 2.24) is 10.3 Å². The highest BCUT2D eigenvalue weighted by Crippen LogP contribution is 2.33. The smallest absolute Gasteiger partial charge is 0.270 e. The molecule has 1 fully saturated rings. The fourth-order valence-corrected chi connectivity index (χ4v) is 3.68. The van der Waals surface area contributed by atoms with Crippen LogP contribution in [-0.2, 0) is 4.74 Å².